The Morgan fingerprint density at radius 3 is 1.08 bits per heavy atom. The van der Waals surface area contributed by atoms with E-state index in [-0.39, 0.29) is 33.6 Å². The van der Waals surface area contributed by atoms with E-state index < -0.39 is 35.6 Å². The molecule has 11 heteroatoms. The molecule has 0 saturated carbocycles. The minimum absolute atomic E-state index is 0.0208. The zero-order valence-electron chi connectivity index (χ0n) is 25.0. The van der Waals surface area contributed by atoms with Crippen LogP contribution in [0.1, 0.15) is 57.4 Å². The first-order chi connectivity index (χ1) is 23.5. The average molecular weight is 649 g/mol. The second-order valence-electron chi connectivity index (χ2n) is 12.1. The normalized spacial score (nSPS) is 14.7. The number of hydrogen-bond acceptors (Lipinski definition) is 8. The van der Waals surface area contributed by atoms with Crippen LogP contribution in [0.5, 0.6) is 0 Å². The van der Waals surface area contributed by atoms with Crippen molar-refractivity contribution >= 4 is 84.1 Å². The van der Waals surface area contributed by atoms with Gasteiger partial charge in [0, 0.05) is 38.6 Å². The highest BCUT2D eigenvalue weighted by molar-refractivity contribution is 6.45. The molecule has 4 amide bonds. The molecule has 0 saturated heterocycles. The number of anilines is 2. The third-order valence-corrected chi connectivity index (χ3v) is 9.52. The second-order valence-corrected chi connectivity index (χ2v) is 12.1. The van der Waals surface area contributed by atoms with E-state index in [2.05, 4.69) is 0 Å². The number of nitrogens with zero attached hydrogens (tertiary/aromatic N) is 2. The van der Waals surface area contributed by atoms with Crippen LogP contribution in [0, 0.1) is 0 Å². The predicted octanol–water partition coefficient (Wildman–Crippen LogP) is 5.12. The van der Waals surface area contributed by atoms with Gasteiger partial charge in [0.15, 0.2) is 0 Å². The van der Waals surface area contributed by atoms with E-state index in [9.17, 15) is 44.4 Å². The van der Waals surface area contributed by atoms with Crippen molar-refractivity contribution in [2.75, 3.05) is 9.80 Å². The van der Waals surface area contributed by atoms with Crippen LogP contribution in [0.3, 0.4) is 0 Å². The number of carbonyl (C=O) groups excluding carboxylic acids is 4. The molecule has 0 atom stereocenters. The van der Waals surface area contributed by atoms with Crippen molar-refractivity contribution in [2.24, 2.45) is 0 Å². The van der Waals surface area contributed by atoms with Gasteiger partial charge in [0.1, 0.15) is 0 Å². The van der Waals surface area contributed by atoms with Crippen LogP contribution in [-0.2, 0) is 5.97 Å². The molecule has 11 nitrogen and oxygen atoms in total. The Bertz CT molecular complexity index is 2570. The Labute approximate surface area is 274 Å². The van der Waals surface area contributed by atoms with Gasteiger partial charge in [0.2, 0.25) is 0 Å². The molecule has 0 radical (unpaired) electrons. The summed E-state index contributed by atoms with van der Waals surface area (Å²) in [5.74, 6) is -6.47. The average Bonchev–Trinajstić information content (AvgIpc) is 3.09. The molecule has 2 heterocycles. The van der Waals surface area contributed by atoms with Crippen molar-refractivity contribution in [1.82, 2.24) is 0 Å². The maximum atomic E-state index is 13.9. The number of carbonyl (C=O) groups is 5. The van der Waals surface area contributed by atoms with Crippen LogP contribution in [0.4, 0.5) is 11.4 Å². The SMILES string of the molecule is O=C(O)c1ccc(N2C(=O)c3ccc4c5ccc6c7c(ccc(c8ccc(c3c48)C2=O)c75)C(=O)N(c2ccc(C(O)(O)O)cc2)C6=O)cc1. The first-order valence-electron chi connectivity index (χ1n) is 15.0. The predicted molar refractivity (Wildman–Crippen MR) is 178 cm³/mol. The molecule has 0 bridgehead atoms. The summed E-state index contributed by atoms with van der Waals surface area (Å²) in [5, 5.41) is 43.0. The molecule has 0 aliphatic carbocycles. The van der Waals surface area contributed by atoms with Crippen LogP contribution in [0.2, 0.25) is 0 Å². The van der Waals surface area contributed by atoms with E-state index in [1.807, 2.05) is 0 Å². The molecule has 7 aromatic carbocycles. The van der Waals surface area contributed by atoms with Gasteiger partial charge < -0.3 is 20.4 Å². The van der Waals surface area contributed by atoms with Crippen molar-refractivity contribution in [2.45, 2.75) is 5.97 Å². The summed E-state index contributed by atoms with van der Waals surface area (Å²) in [4.78, 5) is 69.0. The largest absolute Gasteiger partial charge is 0.478 e. The Hall–Kier alpha value is -6.53. The first-order valence-corrected chi connectivity index (χ1v) is 15.0. The molecule has 49 heavy (non-hydrogen) atoms. The number of amides is 4. The van der Waals surface area contributed by atoms with E-state index in [4.69, 9.17) is 0 Å². The van der Waals surface area contributed by atoms with Crippen LogP contribution in [-0.4, -0.2) is 50.0 Å². The van der Waals surface area contributed by atoms with Gasteiger partial charge in [-0.3, -0.25) is 19.2 Å². The summed E-state index contributed by atoms with van der Waals surface area (Å²) in [6, 6.07) is 24.3. The molecule has 4 N–H and O–H groups in total. The molecule has 0 unspecified atom stereocenters. The van der Waals surface area contributed by atoms with Crippen LogP contribution >= 0.6 is 0 Å². The van der Waals surface area contributed by atoms with Gasteiger partial charge in [-0.05, 0) is 105 Å². The van der Waals surface area contributed by atoms with Gasteiger partial charge in [-0.2, -0.15) is 0 Å². The number of benzene rings is 7. The van der Waals surface area contributed by atoms with Gasteiger partial charge in [-0.15, -0.1) is 0 Å². The minimum Gasteiger partial charge on any atom is -0.478 e. The zero-order chi connectivity index (χ0) is 34.1. The lowest BCUT2D eigenvalue weighted by Crippen LogP contribution is -2.40. The number of fused-ring (bicyclic) bond motifs is 2. The summed E-state index contributed by atoms with van der Waals surface area (Å²) >= 11 is 0. The molecule has 2 aliphatic rings. The van der Waals surface area contributed by atoms with E-state index >= 15 is 0 Å². The van der Waals surface area contributed by atoms with Gasteiger partial charge in [0.05, 0.1) is 16.9 Å². The summed E-state index contributed by atoms with van der Waals surface area (Å²) in [6.45, 7) is 0. The molecule has 9 rings (SSSR count). The Morgan fingerprint density at radius 1 is 0.449 bits per heavy atom. The Morgan fingerprint density at radius 2 is 0.776 bits per heavy atom. The lowest BCUT2D eigenvalue weighted by molar-refractivity contribution is -0.323. The van der Waals surface area contributed by atoms with Gasteiger partial charge in [0.25, 0.3) is 23.6 Å². The van der Waals surface area contributed by atoms with Crippen molar-refractivity contribution in [3.05, 3.63) is 130 Å². The van der Waals surface area contributed by atoms with Crippen molar-refractivity contribution in [3.63, 3.8) is 0 Å². The van der Waals surface area contributed by atoms with E-state index in [1.165, 1.54) is 48.5 Å². The molecule has 2 aliphatic heterocycles. The highest BCUT2D eigenvalue weighted by Gasteiger charge is 2.38. The topological polar surface area (TPSA) is 173 Å². The molecule has 0 fully saturated rings. The lowest BCUT2D eigenvalue weighted by Gasteiger charge is -2.30. The van der Waals surface area contributed by atoms with Crippen LogP contribution in [0.15, 0.2) is 97.1 Å². The van der Waals surface area contributed by atoms with Crippen molar-refractivity contribution in [3.8, 4) is 0 Å². The lowest BCUT2D eigenvalue weighted by atomic mass is 9.82. The summed E-state index contributed by atoms with van der Waals surface area (Å²) in [5.41, 5.74) is 1.37. The Balaban J connectivity index is 1.23. The summed E-state index contributed by atoms with van der Waals surface area (Å²) in [7, 11) is 0. The smallest absolute Gasteiger partial charge is 0.335 e. The van der Waals surface area contributed by atoms with Gasteiger partial charge in [-0.25, -0.2) is 14.6 Å². The fourth-order valence-corrected chi connectivity index (χ4v) is 7.32. The quantitative estimate of drug-likeness (QED) is 0.0874. The van der Waals surface area contributed by atoms with Gasteiger partial charge in [-0.1, -0.05) is 24.3 Å². The highest BCUT2D eigenvalue weighted by Crippen LogP contribution is 2.47. The van der Waals surface area contributed by atoms with Crippen molar-refractivity contribution < 1.29 is 44.4 Å². The van der Waals surface area contributed by atoms with Crippen LogP contribution in [0.25, 0.3) is 43.1 Å². The first kappa shape index (κ1) is 28.7. The van der Waals surface area contributed by atoms with E-state index in [0.717, 1.165) is 31.3 Å². The number of imide groups is 2. The van der Waals surface area contributed by atoms with Crippen molar-refractivity contribution in [1.29, 1.82) is 0 Å². The maximum Gasteiger partial charge on any atom is 0.335 e. The molecular weight excluding hydrogens is 628 g/mol. The standard InChI is InChI=1S/C38H20N2O9/c41-33-25-13-9-21-23-11-15-27-32-28(36(44)40(35(27)43)20-7-3-18(4-8-20)38(47,48)49)16-12-24(30(23)32)22-10-14-26(31(25)29(21)22)34(42)39(33)19-5-1-17(2-6-19)37(45)46/h1-16,47-49H,(H,45,46). The maximum absolute atomic E-state index is 13.9. The van der Waals surface area contributed by atoms with Crippen LogP contribution < -0.4 is 9.80 Å². The number of carboxylic acid groups (broad SMARTS) is 1. The third-order valence-electron chi connectivity index (χ3n) is 9.52. The highest BCUT2D eigenvalue weighted by atomic mass is 16.7. The fraction of sp³-hybridized carbons (Fsp3) is 0.0263. The molecule has 236 valence electrons. The number of carboxylic acids is 1. The number of aromatic carboxylic acids is 1. The van der Waals surface area contributed by atoms with E-state index in [1.54, 1.807) is 48.5 Å². The Kier molecular flexibility index (Phi) is 5.57. The molecule has 0 aromatic heterocycles. The molecular formula is C38H20N2O9. The number of aliphatic hydroxyl groups is 3. The fourth-order valence-electron chi connectivity index (χ4n) is 7.32. The monoisotopic (exact) mass is 648 g/mol. The number of rotatable bonds is 4. The summed E-state index contributed by atoms with van der Waals surface area (Å²) in [6.07, 6.45) is 0. The second kappa shape index (κ2) is 9.52. The zero-order valence-corrected chi connectivity index (χ0v) is 25.0. The number of hydrogen-bond donors (Lipinski definition) is 4. The minimum atomic E-state index is -3.08. The van der Waals surface area contributed by atoms with Gasteiger partial charge >= 0.3 is 11.9 Å². The third kappa shape index (κ3) is 3.74. The molecule has 7 aromatic rings. The summed E-state index contributed by atoms with van der Waals surface area (Å²) < 4.78 is 0. The van der Waals surface area contributed by atoms with E-state index in [0.29, 0.717) is 32.7 Å². The molecule has 0 spiro atoms.